The van der Waals surface area contributed by atoms with E-state index >= 15 is 0 Å². The smallest absolute Gasteiger partial charge is 0.158 e. The van der Waals surface area contributed by atoms with Crippen molar-refractivity contribution < 1.29 is 28.8 Å². The van der Waals surface area contributed by atoms with Crippen molar-refractivity contribution in [1.82, 2.24) is 0 Å². The maximum absolute atomic E-state index is 11.2. The Morgan fingerprint density at radius 2 is 1.63 bits per heavy atom. The fourth-order valence-electron chi connectivity index (χ4n) is 1.19. The van der Waals surface area contributed by atoms with Crippen LogP contribution in [0.3, 0.4) is 0 Å². The molecule has 0 amide bonds. The third-order valence-electron chi connectivity index (χ3n) is 2.58. The number of Topliss-reactive ketones (excluding diaryl/α,β-unsaturated/α-hetero) is 2. The number of ketones is 2. The van der Waals surface area contributed by atoms with Gasteiger partial charge < -0.3 is 9.47 Å². The van der Waals surface area contributed by atoms with Crippen LogP contribution in [0.1, 0.15) is 33.6 Å². The molecule has 0 saturated heterocycles. The molecule has 19 heavy (non-hydrogen) atoms. The summed E-state index contributed by atoms with van der Waals surface area (Å²) in [4.78, 5) is 31.9. The Kier molecular flexibility index (Phi) is 10.6. The standard InChI is InChI=1S/C13H24O6/c1-5-11(14)7-17-9-13(19-16-4)10(3)18-8-12(15)6-2/h10,13H,5-9H2,1-4H3. The molecule has 6 heteroatoms. The van der Waals surface area contributed by atoms with Gasteiger partial charge >= 0.3 is 0 Å². The minimum Gasteiger partial charge on any atom is -0.371 e. The number of carbonyl (C=O) groups excluding carboxylic acids is 2. The summed E-state index contributed by atoms with van der Waals surface area (Å²) in [5, 5.41) is 0. The normalized spacial score (nSPS) is 14.1. The van der Waals surface area contributed by atoms with Gasteiger partial charge in [0.15, 0.2) is 11.6 Å². The first-order chi connectivity index (χ1) is 9.04. The molecule has 0 aliphatic heterocycles. The van der Waals surface area contributed by atoms with Crippen LogP contribution in [0.5, 0.6) is 0 Å². The van der Waals surface area contributed by atoms with Crippen LogP contribution in [0.4, 0.5) is 0 Å². The second-order valence-corrected chi connectivity index (χ2v) is 4.12. The van der Waals surface area contributed by atoms with E-state index in [1.807, 2.05) is 0 Å². The van der Waals surface area contributed by atoms with Gasteiger partial charge in [0, 0.05) is 12.8 Å². The van der Waals surface area contributed by atoms with Gasteiger partial charge in [-0.1, -0.05) is 13.8 Å². The Bertz CT molecular complexity index is 266. The molecule has 0 spiro atoms. The number of rotatable bonds is 12. The Morgan fingerprint density at radius 3 is 2.16 bits per heavy atom. The predicted octanol–water partition coefficient (Wildman–Crippen LogP) is 1.31. The van der Waals surface area contributed by atoms with Gasteiger partial charge in [0.05, 0.1) is 19.8 Å². The molecule has 6 nitrogen and oxygen atoms in total. The van der Waals surface area contributed by atoms with E-state index in [-0.39, 0.29) is 37.5 Å². The Labute approximate surface area is 114 Å². The molecule has 0 aromatic carbocycles. The monoisotopic (exact) mass is 276 g/mol. The maximum Gasteiger partial charge on any atom is 0.158 e. The number of hydrogen-bond acceptors (Lipinski definition) is 6. The Hall–Kier alpha value is -0.820. The number of hydrogen-bond donors (Lipinski definition) is 0. The second kappa shape index (κ2) is 11.0. The van der Waals surface area contributed by atoms with E-state index in [0.29, 0.717) is 12.8 Å². The van der Waals surface area contributed by atoms with E-state index in [0.717, 1.165) is 0 Å². The summed E-state index contributed by atoms with van der Waals surface area (Å²) >= 11 is 0. The molecule has 0 radical (unpaired) electrons. The molecule has 0 aromatic heterocycles. The van der Waals surface area contributed by atoms with Gasteiger partial charge in [-0.15, -0.1) is 0 Å². The lowest BCUT2D eigenvalue weighted by atomic mass is 10.2. The van der Waals surface area contributed by atoms with Crippen LogP contribution in [-0.4, -0.2) is 50.7 Å². The van der Waals surface area contributed by atoms with Crippen molar-refractivity contribution in [3.63, 3.8) is 0 Å². The molecular formula is C13H24O6. The molecule has 0 bridgehead atoms. The maximum atomic E-state index is 11.2. The predicted molar refractivity (Wildman–Crippen MR) is 68.7 cm³/mol. The molecular weight excluding hydrogens is 252 g/mol. The highest BCUT2D eigenvalue weighted by molar-refractivity contribution is 5.79. The average Bonchev–Trinajstić information content (AvgIpc) is 2.42. The lowest BCUT2D eigenvalue weighted by Crippen LogP contribution is -2.35. The van der Waals surface area contributed by atoms with Crippen molar-refractivity contribution in [2.75, 3.05) is 26.9 Å². The SMILES string of the molecule is CCC(=O)COCC(OOC)C(C)OCC(=O)CC. The van der Waals surface area contributed by atoms with Crippen molar-refractivity contribution in [3.05, 3.63) is 0 Å². The van der Waals surface area contributed by atoms with Crippen LogP contribution in [0.15, 0.2) is 0 Å². The lowest BCUT2D eigenvalue weighted by molar-refractivity contribution is -0.327. The molecule has 0 aliphatic carbocycles. The molecule has 0 heterocycles. The molecule has 112 valence electrons. The minimum absolute atomic E-state index is 0.0186. The summed E-state index contributed by atoms with van der Waals surface area (Å²) < 4.78 is 10.6. The largest absolute Gasteiger partial charge is 0.371 e. The third-order valence-corrected chi connectivity index (χ3v) is 2.58. The molecule has 0 saturated carbocycles. The second-order valence-electron chi connectivity index (χ2n) is 4.12. The van der Waals surface area contributed by atoms with Gasteiger partial charge in [-0.3, -0.25) is 9.59 Å². The van der Waals surface area contributed by atoms with Crippen molar-refractivity contribution in [1.29, 1.82) is 0 Å². The third kappa shape index (κ3) is 8.83. The van der Waals surface area contributed by atoms with E-state index in [1.165, 1.54) is 7.11 Å². The zero-order chi connectivity index (χ0) is 14.7. The fraction of sp³-hybridized carbons (Fsp3) is 0.846. The van der Waals surface area contributed by atoms with Crippen molar-refractivity contribution in [2.45, 2.75) is 45.8 Å². The quantitative estimate of drug-likeness (QED) is 0.395. The van der Waals surface area contributed by atoms with Crippen molar-refractivity contribution in [2.24, 2.45) is 0 Å². The molecule has 2 unspecified atom stereocenters. The minimum atomic E-state index is -0.487. The summed E-state index contributed by atoms with van der Waals surface area (Å²) in [6, 6.07) is 0. The van der Waals surface area contributed by atoms with Gasteiger partial charge in [0.2, 0.25) is 0 Å². The van der Waals surface area contributed by atoms with Crippen LogP contribution >= 0.6 is 0 Å². The van der Waals surface area contributed by atoms with E-state index in [1.54, 1.807) is 20.8 Å². The zero-order valence-electron chi connectivity index (χ0n) is 12.1. The molecule has 0 fully saturated rings. The average molecular weight is 276 g/mol. The Balaban J connectivity index is 4.06. The highest BCUT2D eigenvalue weighted by atomic mass is 17.2. The molecule has 0 N–H and O–H groups in total. The topological polar surface area (TPSA) is 71.1 Å². The first kappa shape index (κ1) is 18.2. The summed E-state index contributed by atoms with van der Waals surface area (Å²) in [5.41, 5.74) is 0. The van der Waals surface area contributed by atoms with Crippen molar-refractivity contribution in [3.8, 4) is 0 Å². The van der Waals surface area contributed by atoms with Crippen LogP contribution < -0.4 is 0 Å². The molecule has 2 atom stereocenters. The lowest BCUT2D eigenvalue weighted by Gasteiger charge is -2.22. The number of ether oxygens (including phenoxy) is 2. The van der Waals surface area contributed by atoms with E-state index < -0.39 is 6.10 Å². The number of carbonyl (C=O) groups is 2. The summed E-state index contributed by atoms with van der Waals surface area (Å²) in [6.07, 6.45) is 0.0168. The van der Waals surface area contributed by atoms with Crippen LogP contribution in [0, 0.1) is 0 Å². The van der Waals surface area contributed by atoms with Gasteiger partial charge in [-0.2, -0.15) is 0 Å². The highest BCUT2D eigenvalue weighted by Crippen LogP contribution is 2.06. The molecule has 0 aliphatic rings. The van der Waals surface area contributed by atoms with Crippen LogP contribution in [-0.2, 0) is 28.8 Å². The highest BCUT2D eigenvalue weighted by Gasteiger charge is 2.21. The Morgan fingerprint density at radius 1 is 1.05 bits per heavy atom. The van der Waals surface area contributed by atoms with Gasteiger partial charge in [-0.25, -0.2) is 9.78 Å². The molecule has 0 rings (SSSR count). The first-order valence-electron chi connectivity index (χ1n) is 6.47. The van der Waals surface area contributed by atoms with Crippen LogP contribution in [0.2, 0.25) is 0 Å². The van der Waals surface area contributed by atoms with Gasteiger partial charge in [0.25, 0.3) is 0 Å². The van der Waals surface area contributed by atoms with E-state index in [9.17, 15) is 9.59 Å². The summed E-state index contributed by atoms with van der Waals surface area (Å²) in [6.45, 7) is 5.56. The first-order valence-corrected chi connectivity index (χ1v) is 6.47. The fourth-order valence-corrected chi connectivity index (χ4v) is 1.19. The van der Waals surface area contributed by atoms with E-state index in [2.05, 4.69) is 4.89 Å². The van der Waals surface area contributed by atoms with E-state index in [4.69, 9.17) is 14.4 Å². The summed E-state index contributed by atoms with van der Waals surface area (Å²) in [7, 11) is 1.38. The molecule has 0 aromatic rings. The van der Waals surface area contributed by atoms with Gasteiger partial charge in [0.1, 0.15) is 19.3 Å². The van der Waals surface area contributed by atoms with Crippen LogP contribution in [0.25, 0.3) is 0 Å². The summed E-state index contributed by atoms with van der Waals surface area (Å²) in [5.74, 6) is 0.0380. The zero-order valence-corrected chi connectivity index (χ0v) is 12.1. The van der Waals surface area contributed by atoms with Crippen molar-refractivity contribution >= 4 is 11.6 Å². The van der Waals surface area contributed by atoms with Gasteiger partial charge in [-0.05, 0) is 6.92 Å².